The van der Waals surface area contributed by atoms with Crippen LogP contribution in [0.4, 0.5) is 0 Å². The minimum absolute atomic E-state index is 0.238. The Morgan fingerprint density at radius 1 is 0.912 bits per heavy atom. The first-order valence-corrected chi connectivity index (χ1v) is 11.1. The maximum atomic E-state index is 12.6. The molecule has 0 fully saturated rings. The van der Waals surface area contributed by atoms with Gasteiger partial charge < -0.3 is 9.47 Å². The van der Waals surface area contributed by atoms with Crippen molar-refractivity contribution in [2.45, 2.75) is 18.9 Å². The van der Waals surface area contributed by atoms with Gasteiger partial charge in [0.15, 0.2) is 0 Å². The molecule has 5 nitrogen and oxygen atoms in total. The second-order valence-electron chi connectivity index (χ2n) is 7.82. The quantitative estimate of drug-likeness (QED) is 0.300. The third-order valence-corrected chi connectivity index (χ3v) is 5.38. The molecule has 3 aromatic carbocycles. The molecule has 0 radical (unpaired) electrons. The number of hydrogen-bond acceptors (Lipinski definition) is 5. The molecule has 1 aromatic heterocycles. The van der Waals surface area contributed by atoms with Gasteiger partial charge in [0.1, 0.15) is 18.5 Å². The lowest BCUT2D eigenvalue weighted by molar-refractivity contribution is 0.0152. The molecule has 0 spiro atoms. The lowest BCUT2D eigenvalue weighted by atomic mass is 10.0. The summed E-state index contributed by atoms with van der Waals surface area (Å²) in [4.78, 5) is 16.8. The highest BCUT2D eigenvalue weighted by molar-refractivity contribution is 5.89. The van der Waals surface area contributed by atoms with Crippen molar-refractivity contribution in [3.63, 3.8) is 0 Å². The first-order chi connectivity index (χ1) is 16.7. The number of benzene rings is 3. The summed E-state index contributed by atoms with van der Waals surface area (Å²) in [5, 5.41) is 9.12. The summed E-state index contributed by atoms with van der Waals surface area (Å²) in [6, 6.07) is 30.2. The van der Waals surface area contributed by atoms with Gasteiger partial charge in [-0.05, 0) is 72.0 Å². The number of rotatable bonds is 9. The maximum Gasteiger partial charge on any atom is 0.338 e. The van der Waals surface area contributed by atoms with E-state index >= 15 is 0 Å². The number of aromatic nitrogens is 1. The van der Waals surface area contributed by atoms with E-state index in [0.717, 1.165) is 23.1 Å². The van der Waals surface area contributed by atoms with Gasteiger partial charge in [0.05, 0.1) is 17.2 Å². The summed E-state index contributed by atoms with van der Waals surface area (Å²) >= 11 is 0. The van der Waals surface area contributed by atoms with Crippen molar-refractivity contribution in [3.05, 3.63) is 120 Å². The topological polar surface area (TPSA) is 72.2 Å². The molecule has 1 heterocycles. The number of nitrogens with zero attached hydrogens (tertiary/aromatic N) is 2. The molecular formula is C29H24N2O3. The molecule has 168 valence electrons. The van der Waals surface area contributed by atoms with Gasteiger partial charge in [-0.2, -0.15) is 5.26 Å². The zero-order valence-corrected chi connectivity index (χ0v) is 18.6. The van der Waals surface area contributed by atoms with Crippen molar-refractivity contribution >= 4 is 5.97 Å². The predicted octanol–water partition coefficient (Wildman–Crippen LogP) is 5.86. The Hall–Kier alpha value is -4.43. The molecule has 4 aromatic rings. The number of aryl methyl sites for hydroxylation is 1. The zero-order valence-electron chi connectivity index (χ0n) is 18.6. The fraction of sp³-hybridized carbons (Fsp3) is 0.138. The molecule has 34 heavy (non-hydrogen) atoms. The average Bonchev–Trinajstić information content (AvgIpc) is 2.91. The molecule has 4 rings (SSSR count). The highest BCUT2D eigenvalue weighted by Crippen LogP contribution is 2.23. The summed E-state index contributed by atoms with van der Waals surface area (Å²) in [6.07, 6.45) is 4.47. The van der Waals surface area contributed by atoms with Crippen LogP contribution < -0.4 is 4.74 Å². The number of carbonyl (C=O) groups excluding carboxylic acids is 1. The lowest BCUT2D eigenvalue weighted by Gasteiger charge is -2.19. The normalized spacial score (nSPS) is 11.3. The SMILES string of the molecule is N#Cc1cccc(-c2ccc(OC[C@@H](CCc3cccnc3)OC(=O)c3ccccc3)cc2)c1. The van der Waals surface area contributed by atoms with E-state index in [0.29, 0.717) is 23.3 Å². The molecule has 0 N–H and O–H groups in total. The molecule has 0 aliphatic carbocycles. The zero-order chi connectivity index (χ0) is 23.6. The van der Waals surface area contributed by atoms with Gasteiger partial charge in [-0.25, -0.2) is 4.79 Å². The highest BCUT2D eigenvalue weighted by Gasteiger charge is 2.17. The van der Waals surface area contributed by atoms with Crippen molar-refractivity contribution in [1.82, 2.24) is 4.98 Å². The van der Waals surface area contributed by atoms with E-state index in [1.54, 1.807) is 24.4 Å². The largest absolute Gasteiger partial charge is 0.490 e. The Balaban J connectivity index is 1.41. The van der Waals surface area contributed by atoms with Crippen LogP contribution in [0, 0.1) is 11.3 Å². The Bertz CT molecular complexity index is 1250. The van der Waals surface area contributed by atoms with Crippen LogP contribution in [-0.4, -0.2) is 23.7 Å². The summed E-state index contributed by atoms with van der Waals surface area (Å²) < 4.78 is 11.8. The Labute approximate surface area is 199 Å². The van der Waals surface area contributed by atoms with Gasteiger partial charge in [0, 0.05) is 12.4 Å². The Morgan fingerprint density at radius 3 is 2.47 bits per heavy atom. The second kappa shape index (κ2) is 11.4. The van der Waals surface area contributed by atoms with Gasteiger partial charge >= 0.3 is 5.97 Å². The fourth-order valence-corrected chi connectivity index (χ4v) is 3.54. The molecule has 5 heteroatoms. The molecule has 0 amide bonds. The standard InChI is InChI=1S/C29H24N2O3/c30-19-23-6-4-10-26(18-23)24-12-15-27(16-13-24)33-21-28(14-11-22-7-5-17-31-20-22)34-29(32)25-8-2-1-3-9-25/h1-10,12-13,15-18,20,28H,11,14,21H2/t28-/m1/s1. The van der Waals surface area contributed by atoms with Crippen LogP contribution in [0.2, 0.25) is 0 Å². The van der Waals surface area contributed by atoms with Crippen molar-refractivity contribution in [2.24, 2.45) is 0 Å². The minimum atomic E-state index is -0.417. The Kier molecular flexibility index (Phi) is 7.66. The van der Waals surface area contributed by atoms with E-state index in [4.69, 9.17) is 14.7 Å². The molecule has 0 aliphatic rings. The Morgan fingerprint density at radius 2 is 1.74 bits per heavy atom. The van der Waals surface area contributed by atoms with Crippen LogP contribution in [-0.2, 0) is 11.2 Å². The average molecular weight is 449 g/mol. The van der Waals surface area contributed by atoms with E-state index < -0.39 is 6.10 Å². The summed E-state index contributed by atoms with van der Waals surface area (Å²) in [6.45, 7) is 0.238. The van der Waals surface area contributed by atoms with Crippen LogP contribution in [0.1, 0.15) is 27.9 Å². The number of pyridine rings is 1. The number of hydrogen-bond donors (Lipinski definition) is 0. The van der Waals surface area contributed by atoms with Gasteiger partial charge in [-0.3, -0.25) is 4.98 Å². The molecule has 0 saturated carbocycles. The van der Waals surface area contributed by atoms with Crippen LogP contribution in [0.5, 0.6) is 5.75 Å². The number of ether oxygens (including phenoxy) is 2. The van der Waals surface area contributed by atoms with Gasteiger partial charge in [-0.1, -0.05) is 48.5 Å². The number of nitriles is 1. The molecular weight excluding hydrogens is 424 g/mol. The third kappa shape index (κ3) is 6.30. The van der Waals surface area contributed by atoms with Gasteiger partial charge in [0.25, 0.3) is 0 Å². The van der Waals surface area contributed by atoms with Crippen LogP contribution in [0.25, 0.3) is 11.1 Å². The summed E-state index contributed by atoms with van der Waals surface area (Å²) in [5.74, 6) is 0.315. The van der Waals surface area contributed by atoms with Crippen LogP contribution >= 0.6 is 0 Å². The van der Waals surface area contributed by atoms with E-state index in [1.807, 2.05) is 79.0 Å². The molecule has 0 saturated heterocycles. The lowest BCUT2D eigenvalue weighted by Crippen LogP contribution is -2.26. The molecule has 0 unspecified atom stereocenters. The highest BCUT2D eigenvalue weighted by atomic mass is 16.6. The maximum absolute atomic E-state index is 12.6. The fourth-order valence-electron chi connectivity index (χ4n) is 3.54. The summed E-state index contributed by atoms with van der Waals surface area (Å²) in [7, 11) is 0. The van der Waals surface area contributed by atoms with E-state index in [9.17, 15) is 4.79 Å². The van der Waals surface area contributed by atoms with Crippen molar-refractivity contribution in [3.8, 4) is 22.9 Å². The molecule has 1 atom stereocenters. The van der Waals surface area contributed by atoms with Crippen LogP contribution in [0.15, 0.2) is 103 Å². The molecule has 0 aliphatic heterocycles. The van der Waals surface area contributed by atoms with Crippen molar-refractivity contribution in [2.75, 3.05) is 6.61 Å². The predicted molar refractivity (Wildman–Crippen MR) is 130 cm³/mol. The van der Waals surface area contributed by atoms with E-state index in [1.165, 1.54) is 0 Å². The first-order valence-electron chi connectivity index (χ1n) is 11.1. The smallest absolute Gasteiger partial charge is 0.338 e. The minimum Gasteiger partial charge on any atom is -0.490 e. The summed E-state index contributed by atoms with van der Waals surface area (Å²) in [5.41, 5.74) is 4.17. The van der Waals surface area contributed by atoms with E-state index in [-0.39, 0.29) is 12.6 Å². The van der Waals surface area contributed by atoms with Crippen molar-refractivity contribution < 1.29 is 14.3 Å². The second-order valence-corrected chi connectivity index (χ2v) is 7.82. The first kappa shape index (κ1) is 22.8. The van der Waals surface area contributed by atoms with E-state index in [2.05, 4.69) is 11.1 Å². The van der Waals surface area contributed by atoms with Gasteiger partial charge in [0.2, 0.25) is 0 Å². The van der Waals surface area contributed by atoms with Crippen LogP contribution in [0.3, 0.4) is 0 Å². The number of carbonyl (C=O) groups is 1. The molecule has 0 bridgehead atoms. The van der Waals surface area contributed by atoms with Gasteiger partial charge in [-0.15, -0.1) is 0 Å². The number of esters is 1. The third-order valence-electron chi connectivity index (χ3n) is 5.38. The van der Waals surface area contributed by atoms with Crippen molar-refractivity contribution in [1.29, 1.82) is 5.26 Å². The monoisotopic (exact) mass is 448 g/mol.